The Labute approximate surface area is 184 Å². The van der Waals surface area contributed by atoms with E-state index in [1.807, 2.05) is 0 Å². The predicted molar refractivity (Wildman–Crippen MR) is 119 cm³/mol. The fourth-order valence-corrected chi connectivity index (χ4v) is 3.18. The van der Waals surface area contributed by atoms with Crippen molar-refractivity contribution in [1.82, 2.24) is 5.32 Å². The number of morpholine rings is 1. The number of anilines is 3. The summed E-state index contributed by atoms with van der Waals surface area (Å²) in [5, 5.41) is 8.50. The molecule has 8 nitrogen and oxygen atoms in total. The third-order valence-corrected chi connectivity index (χ3v) is 4.96. The largest absolute Gasteiger partial charge is 0.370 e. The minimum absolute atomic E-state index is 0.0614. The molecule has 1 aliphatic heterocycles. The Kier molecular flexibility index (Phi) is 7.56. The molecule has 0 unspecified atom stereocenters. The molecule has 0 aromatic heterocycles. The van der Waals surface area contributed by atoms with Gasteiger partial charge in [0, 0.05) is 34.4 Å². The first-order valence-electron chi connectivity index (χ1n) is 9.19. The lowest BCUT2D eigenvalue weighted by molar-refractivity contribution is -0.125. The van der Waals surface area contributed by atoms with Crippen molar-refractivity contribution in [3.8, 4) is 0 Å². The van der Waals surface area contributed by atoms with Gasteiger partial charge in [0.25, 0.3) is 5.91 Å². The van der Waals surface area contributed by atoms with Gasteiger partial charge in [0.15, 0.2) is 0 Å². The number of amides is 4. The second-order valence-corrected chi connectivity index (χ2v) is 7.28. The van der Waals surface area contributed by atoms with Crippen molar-refractivity contribution in [1.29, 1.82) is 0 Å². The maximum absolute atomic E-state index is 12.5. The molecular formula is C20H21ClN4O4S. The van der Waals surface area contributed by atoms with E-state index in [0.717, 1.165) is 5.69 Å². The maximum Gasteiger partial charge on any atom is 0.319 e. The quantitative estimate of drug-likeness (QED) is 0.510. The normalized spacial score (nSPS) is 14.7. The van der Waals surface area contributed by atoms with Crippen molar-refractivity contribution in [3.63, 3.8) is 0 Å². The Morgan fingerprint density at radius 1 is 1.07 bits per heavy atom. The second-order valence-electron chi connectivity index (χ2n) is 6.47. The van der Waals surface area contributed by atoms with Crippen LogP contribution in [0.5, 0.6) is 0 Å². The number of nitrogens with one attached hydrogen (secondary N) is 3. The number of urea groups is 1. The van der Waals surface area contributed by atoms with E-state index in [-0.39, 0.29) is 18.3 Å². The van der Waals surface area contributed by atoms with E-state index in [9.17, 15) is 14.4 Å². The summed E-state index contributed by atoms with van der Waals surface area (Å²) in [5.41, 5.74) is 1.81. The van der Waals surface area contributed by atoms with Crippen LogP contribution in [0.2, 0.25) is 5.02 Å². The molecule has 158 valence electrons. The van der Waals surface area contributed by atoms with Gasteiger partial charge in [0.05, 0.1) is 6.61 Å². The number of halogens is 1. The van der Waals surface area contributed by atoms with E-state index < -0.39 is 18.0 Å². The van der Waals surface area contributed by atoms with Gasteiger partial charge >= 0.3 is 6.03 Å². The molecule has 0 aliphatic carbocycles. The number of ether oxygens (including phenoxy) is 1. The van der Waals surface area contributed by atoms with Gasteiger partial charge in [0.1, 0.15) is 12.6 Å². The molecule has 30 heavy (non-hydrogen) atoms. The van der Waals surface area contributed by atoms with Gasteiger partial charge in [-0.15, -0.1) is 0 Å². The summed E-state index contributed by atoms with van der Waals surface area (Å²) in [6.45, 7) is 1.03. The van der Waals surface area contributed by atoms with Crippen LogP contribution in [0.1, 0.15) is 0 Å². The number of benzene rings is 2. The molecule has 2 aromatic carbocycles. The summed E-state index contributed by atoms with van der Waals surface area (Å²) in [6, 6.07) is 12.1. The summed E-state index contributed by atoms with van der Waals surface area (Å²) in [7, 11) is 0. The average molecular weight is 449 g/mol. The number of hydrogen-bond donors (Lipinski definition) is 4. The minimum atomic E-state index is -0.846. The van der Waals surface area contributed by atoms with E-state index in [1.54, 1.807) is 53.4 Å². The average Bonchev–Trinajstić information content (AvgIpc) is 2.74. The predicted octanol–water partition coefficient (Wildman–Crippen LogP) is 2.76. The molecule has 1 saturated heterocycles. The third-order valence-electron chi connectivity index (χ3n) is 4.34. The van der Waals surface area contributed by atoms with Crippen molar-refractivity contribution in [2.45, 2.75) is 6.04 Å². The second kappa shape index (κ2) is 10.3. The van der Waals surface area contributed by atoms with Crippen molar-refractivity contribution in [2.24, 2.45) is 0 Å². The van der Waals surface area contributed by atoms with Gasteiger partial charge in [-0.1, -0.05) is 11.6 Å². The Balaban J connectivity index is 1.55. The molecule has 2 aromatic rings. The van der Waals surface area contributed by atoms with Crippen LogP contribution in [0.4, 0.5) is 21.9 Å². The Hall–Kier alpha value is -2.75. The monoisotopic (exact) mass is 448 g/mol. The lowest BCUT2D eigenvalue weighted by atomic mass is 10.2. The number of carbonyl (C=O) groups is 3. The van der Waals surface area contributed by atoms with E-state index in [4.69, 9.17) is 16.3 Å². The highest BCUT2D eigenvalue weighted by atomic mass is 35.5. The number of thiol groups is 1. The van der Waals surface area contributed by atoms with Crippen molar-refractivity contribution >= 4 is 59.1 Å². The topological polar surface area (TPSA) is 99.8 Å². The lowest BCUT2D eigenvalue weighted by Crippen LogP contribution is -2.46. The third kappa shape index (κ3) is 5.88. The summed E-state index contributed by atoms with van der Waals surface area (Å²) >= 11 is 9.97. The fourth-order valence-electron chi connectivity index (χ4n) is 2.80. The first kappa shape index (κ1) is 21.9. The molecule has 4 amide bonds. The van der Waals surface area contributed by atoms with Crippen molar-refractivity contribution in [3.05, 3.63) is 53.6 Å². The summed E-state index contributed by atoms with van der Waals surface area (Å²) < 4.78 is 5.12. The van der Waals surface area contributed by atoms with Gasteiger partial charge in [-0.25, -0.2) is 4.79 Å². The van der Waals surface area contributed by atoms with Gasteiger partial charge in [-0.05, 0) is 48.5 Å². The Bertz CT molecular complexity index is 908. The van der Waals surface area contributed by atoms with Gasteiger partial charge in [0.2, 0.25) is 5.91 Å². The molecule has 3 rings (SSSR count). The Morgan fingerprint density at radius 2 is 1.70 bits per heavy atom. The molecule has 10 heteroatoms. The molecule has 3 N–H and O–H groups in total. The van der Waals surface area contributed by atoms with Crippen LogP contribution < -0.4 is 20.9 Å². The van der Waals surface area contributed by atoms with Crippen molar-refractivity contribution in [2.75, 3.05) is 41.0 Å². The molecule has 1 atom stereocenters. The van der Waals surface area contributed by atoms with Crippen LogP contribution in [0, 0.1) is 0 Å². The first-order valence-corrected chi connectivity index (χ1v) is 10.2. The molecule has 1 fully saturated rings. The number of rotatable bonds is 6. The number of carbonyl (C=O) groups excluding carboxylic acids is 3. The van der Waals surface area contributed by atoms with E-state index in [1.165, 1.54) is 0 Å². The molecule has 0 saturated carbocycles. The lowest BCUT2D eigenvalue weighted by Gasteiger charge is -2.27. The molecule has 0 radical (unpaired) electrons. The zero-order chi connectivity index (χ0) is 21.5. The molecule has 0 spiro atoms. The SMILES string of the molecule is O=C(Nc1ccc(Cl)cc1)N[C@H](CS)C(=O)Nc1ccc(N2CCOCC2=O)cc1. The van der Waals surface area contributed by atoms with Gasteiger partial charge in [-0.3, -0.25) is 9.59 Å². The van der Waals surface area contributed by atoms with Crippen LogP contribution in [-0.2, 0) is 14.3 Å². The van der Waals surface area contributed by atoms with E-state index >= 15 is 0 Å². The molecule has 1 heterocycles. The number of hydrogen-bond acceptors (Lipinski definition) is 5. The highest BCUT2D eigenvalue weighted by Crippen LogP contribution is 2.20. The highest BCUT2D eigenvalue weighted by Gasteiger charge is 2.21. The summed E-state index contributed by atoms with van der Waals surface area (Å²) in [4.78, 5) is 38.2. The maximum atomic E-state index is 12.5. The van der Waals surface area contributed by atoms with Crippen LogP contribution in [0.3, 0.4) is 0 Å². The number of nitrogens with zero attached hydrogens (tertiary/aromatic N) is 1. The van der Waals surface area contributed by atoms with Crippen LogP contribution in [-0.4, -0.2) is 49.4 Å². The van der Waals surface area contributed by atoms with E-state index in [2.05, 4.69) is 28.6 Å². The van der Waals surface area contributed by atoms with Gasteiger partial charge in [-0.2, -0.15) is 12.6 Å². The smallest absolute Gasteiger partial charge is 0.319 e. The zero-order valence-electron chi connectivity index (χ0n) is 15.9. The standard InChI is InChI=1S/C20H21ClN4O4S/c21-13-1-3-15(4-2-13)23-20(28)24-17(12-30)19(27)22-14-5-7-16(8-6-14)25-9-10-29-11-18(25)26/h1-8,17,30H,9-12H2,(H,22,27)(H2,23,24,28)/t17-/m1/s1. The molecular weight excluding hydrogens is 428 g/mol. The van der Waals surface area contributed by atoms with Gasteiger partial charge < -0.3 is 25.6 Å². The zero-order valence-corrected chi connectivity index (χ0v) is 17.6. The van der Waals surface area contributed by atoms with Crippen molar-refractivity contribution < 1.29 is 19.1 Å². The fraction of sp³-hybridized carbons (Fsp3) is 0.250. The molecule has 0 bridgehead atoms. The minimum Gasteiger partial charge on any atom is -0.370 e. The van der Waals surface area contributed by atoms with Crippen LogP contribution in [0.25, 0.3) is 0 Å². The van der Waals surface area contributed by atoms with E-state index in [0.29, 0.717) is 29.5 Å². The summed E-state index contributed by atoms with van der Waals surface area (Å²) in [5.74, 6) is -0.407. The highest BCUT2D eigenvalue weighted by molar-refractivity contribution is 7.80. The molecule has 1 aliphatic rings. The summed E-state index contributed by atoms with van der Waals surface area (Å²) in [6.07, 6.45) is 0. The van der Waals surface area contributed by atoms with Crippen LogP contribution in [0.15, 0.2) is 48.5 Å². The first-order chi connectivity index (χ1) is 14.5. The van der Waals surface area contributed by atoms with Crippen LogP contribution >= 0.6 is 24.2 Å². The Morgan fingerprint density at radius 3 is 2.33 bits per heavy atom.